The van der Waals surface area contributed by atoms with Gasteiger partial charge in [-0.2, -0.15) is 0 Å². The molecule has 1 saturated heterocycles. The van der Waals surface area contributed by atoms with Gasteiger partial charge < -0.3 is 5.32 Å². The molecule has 0 radical (unpaired) electrons. The van der Waals surface area contributed by atoms with E-state index >= 15 is 0 Å². The topological polar surface area (TPSA) is 12.0 Å². The summed E-state index contributed by atoms with van der Waals surface area (Å²) in [4.78, 5) is 0. The van der Waals surface area contributed by atoms with E-state index in [2.05, 4.69) is 46.9 Å². The Kier molecular flexibility index (Phi) is 5.70. The zero-order chi connectivity index (χ0) is 13.8. The normalized spacial score (nSPS) is 29.0. The fourth-order valence-corrected chi connectivity index (χ4v) is 3.19. The lowest BCUT2D eigenvalue weighted by atomic mass is 9.74. The van der Waals surface area contributed by atoms with Crippen molar-refractivity contribution in [3.63, 3.8) is 0 Å². The van der Waals surface area contributed by atoms with Crippen LogP contribution in [0.1, 0.15) is 73.6 Å². The monoisotopic (exact) mass is 253 g/mol. The first-order valence-electron chi connectivity index (χ1n) is 7.92. The first-order chi connectivity index (χ1) is 8.21. The highest BCUT2D eigenvalue weighted by atomic mass is 14.9. The van der Waals surface area contributed by atoms with Gasteiger partial charge in [-0.05, 0) is 55.0 Å². The molecule has 2 unspecified atom stereocenters. The number of nitrogens with one attached hydrogen (secondary N) is 1. The summed E-state index contributed by atoms with van der Waals surface area (Å²) in [5, 5.41) is 3.71. The average Bonchev–Trinajstić information content (AvgIpc) is 2.22. The van der Waals surface area contributed by atoms with Gasteiger partial charge in [0.2, 0.25) is 0 Å². The van der Waals surface area contributed by atoms with Crippen LogP contribution in [0.25, 0.3) is 0 Å². The molecule has 1 heteroatoms. The summed E-state index contributed by atoms with van der Waals surface area (Å²) in [5.74, 6) is 1.72. The molecule has 0 saturated carbocycles. The van der Waals surface area contributed by atoms with E-state index in [1.165, 1.54) is 45.2 Å². The molecule has 108 valence electrons. The molecular weight excluding hydrogens is 218 g/mol. The highest BCUT2D eigenvalue weighted by molar-refractivity contribution is 4.80. The predicted octanol–water partition coefficient (Wildman–Crippen LogP) is 4.86. The number of rotatable bonds is 0. The van der Waals surface area contributed by atoms with E-state index in [0.717, 1.165) is 11.8 Å². The van der Waals surface area contributed by atoms with Crippen LogP contribution in [0.2, 0.25) is 0 Å². The van der Waals surface area contributed by atoms with Crippen LogP contribution in [-0.4, -0.2) is 13.1 Å². The summed E-state index contributed by atoms with van der Waals surface area (Å²) in [6.45, 7) is 16.8. The van der Waals surface area contributed by atoms with Crippen LogP contribution in [0.15, 0.2) is 0 Å². The molecule has 1 heterocycles. The molecule has 0 bridgehead atoms. The molecule has 0 amide bonds. The summed E-state index contributed by atoms with van der Waals surface area (Å²) in [7, 11) is 0. The molecule has 1 aliphatic heterocycles. The smallest absolute Gasteiger partial charge is 0.00155 e. The third-order valence-electron chi connectivity index (χ3n) is 4.86. The molecule has 2 atom stereocenters. The van der Waals surface area contributed by atoms with Crippen molar-refractivity contribution in [3.8, 4) is 0 Å². The summed E-state index contributed by atoms with van der Waals surface area (Å²) in [6.07, 6.45) is 7.00. The minimum absolute atomic E-state index is 0.454. The van der Waals surface area contributed by atoms with Crippen molar-refractivity contribution in [3.05, 3.63) is 0 Å². The van der Waals surface area contributed by atoms with E-state index in [4.69, 9.17) is 0 Å². The Morgan fingerprint density at radius 1 is 0.722 bits per heavy atom. The first-order valence-corrected chi connectivity index (χ1v) is 7.92. The molecule has 1 aliphatic rings. The minimum atomic E-state index is 0.454. The van der Waals surface area contributed by atoms with E-state index in [-0.39, 0.29) is 0 Å². The second-order valence-electron chi connectivity index (χ2n) is 8.40. The first kappa shape index (κ1) is 16.0. The Morgan fingerprint density at radius 3 is 1.72 bits per heavy atom. The maximum Gasteiger partial charge on any atom is -0.00155 e. The summed E-state index contributed by atoms with van der Waals surface area (Å²) >= 11 is 0. The van der Waals surface area contributed by atoms with E-state index in [0.29, 0.717) is 10.8 Å². The molecule has 0 spiro atoms. The minimum Gasteiger partial charge on any atom is -0.316 e. The van der Waals surface area contributed by atoms with Gasteiger partial charge >= 0.3 is 0 Å². The van der Waals surface area contributed by atoms with Gasteiger partial charge in [0.25, 0.3) is 0 Å². The van der Waals surface area contributed by atoms with Crippen molar-refractivity contribution >= 4 is 0 Å². The third-order valence-corrected chi connectivity index (χ3v) is 4.86. The highest BCUT2D eigenvalue weighted by Gasteiger charge is 2.27. The van der Waals surface area contributed by atoms with Crippen molar-refractivity contribution in [2.24, 2.45) is 22.7 Å². The molecule has 0 aliphatic carbocycles. The maximum atomic E-state index is 3.71. The van der Waals surface area contributed by atoms with E-state index in [1.54, 1.807) is 0 Å². The Morgan fingerprint density at radius 2 is 1.22 bits per heavy atom. The van der Waals surface area contributed by atoms with Crippen LogP contribution < -0.4 is 5.32 Å². The second-order valence-corrected chi connectivity index (χ2v) is 8.40. The predicted molar refractivity (Wildman–Crippen MR) is 81.8 cm³/mol. The fourth-order valence-electron chi connectivity index (χ4n) is 3.19. The van der Waals surface area contributed by atoms with Gasteiger partial charge in [0, 0.05) is 0 Å². The Balaban J connectivity index is 2.51. The lowest BCUT2D eigenvalue weighted by Gasteiger charge is -2.35. The Labute approximate surface area is 115 Å². The Bertz CT molecular complexity index is 193. The highest BCUT2D eigenvalue weighted by Crippen LogP contribution is 2.35. The van der Waals surface area contributed by atoms with Crippen molar-refractivity contribution in [1.29, 1.82) is 0 Å². The van der Waals surface area contributed by atoms with Gasteiger partial charge in [0.1, 0.15) is 0 Å². The van der Waals surface area contributed by atoms with Crippen molar-refractivity contribution in [1.82, 2.24) is 5.32 Å². The van der Waals surface area contributed by atoms with Gasteiger partial charge in [-0.15, -0.1) is 0 Å². The summed E-state index contributed by atoms with van der Waals surface area (Å²) in [5.41, 5.74) is 0.930. The molecule has 1 nitrogen and oxygen atoms in total. The van der Waals surface area contributed by atoms with Crippen molar-refractivity contribution in [2.45, 2.75) is 73.6 Å². The molecule has 0 aromatic heterocycles. The van der Waals surface area contributed by atoms with Crippen molar-refractivity contribution < 1.29 is 0 Å². The van der Waals surface area contributed by atoms with Gasteiger partial charge in [-0.1, -0.05) is 54.4 Å². The number of hydrogen-bond donors (Lipinski definition) is 1. The van der Waals surface area contributed by atoms with Gasteiger partial charge in [-0.3, -0.25) is 0 Å². The van der Waals surface area contributed by atoms with Crippen LogP contribution in [0.3, 0.4) is 0 Å². The Hall–Kier alpha value is -0.0400. The number of hydrogen-bond acceptors (Lipinski definition) is 1. The van der Waals surface area contributed by atoms with Gasteiger partial charge in [0.15, 0.2) is 0 Å². The average molecular weight is 253 g/mol. The lowest BCUT2D eigenvalue weighted by Crippen LogP contribution is -2.34. The molecule has 1 fully saturated rings. The van der Waals surface area contributed by atoms with E-state index in [9.17, 15) is 0 Å². The maximum absolute atomic E-state index is 3.71. The molecule has 0 aromatic carbocycles. The second kappa shape index (κ2) is 6.41. The summed E-state index contributed by atoms with van der Waals surface area (Å²) < 4.78 is 0. The van der Waals surface area contributed by atoms with Crippen LogP contribution in [0, 0.1) is 22.7 Å². The third kappa shape index (κ3) is 5.30. The van der Waals surface area contributed by atoms with Gasteiger partial charge in [0.05, 0.1) is 0 Å². The SMILES string of the molecule is CC(C)(C)C1CCCCC(C(C)(C)C)CNCC1. The van der Waals surface area contributed by atoms with E-state index < -0.39 is 0 Å². The molecule has 1 N–H and O–H groups in total. The molecule has 1 rings (SSSR count). The fraction of sp³-hybridized carbons (Fsp3) is 1.00. The van der Waals surface area contributed by atoms with Crippen molar-refractivity contribution in [2.75, 3.05) is 13.1 Å². The lowest BCUT2D eigenvalue weighted by molar-refractivity contribution is 0.173. The molecule has 18 heavy (non-hydrogen) atoms. The zero-order valence-electron chi connectivity index (χ0n) is 13.6. The molecular formula is C17H35N. The van der Waals surface area contributed by atoms with Crippen LogP contribution in [0.4, 0.5) is 0 Å². The molecule has 0 aromatic rings. The standard InChI is InChI=1S/C17H35N/c1-16(2,3)14-9-7-8-10-15(17(4,5)6)13-18-12-11-14/h14-15,18H,7-13H2,1-6H3. The van der Waals surface area contributed by atoms with Gasteiger partial charge in [-0.25, -0.2) is 0 Å². The largest absolute Gasteiger partial charge is 0.316 e. The van der Waals surface area contributed by atoms with E-state index in [1.807, 2.05) is 0 Å². The quantitative estimate of drug-likeness (QED) is 0.650. The van der Waals surface area contributed by atoms with Crippen LogP contribution in [-0.2, 0) is 0 Å². The zero-order valence-corrected chi connectivity index (χ0v) is 13.6. The van der Waals surface area contributed by atoms with Crippen LogP contribution in [0.5, 0.6) is 0 Å². The van der Waals surface area contributed by atoms with Crippen LogP contribution >= 0.6 is 0 Å². The summed E-state index contributed by atoms with van der Waals surface area (Å²) in [6, 6.07) is 0.